The van der Waals surface area contributed by atoms with Gasteiger partial charge in [0.1, 0.15) is 5.75 Å². The lowest BCUT2D eigenvalue weighted by molar-refractivity contribution is -0.138. The van der Waals surface area contributed by atoms with Crippen molar-refractivity contribution < 1.29 is 14.3 Å². The predicted octanol–water partition coefficient (Wildman–Crippen LogP) is 1.29. The molecule has 0 spiro atoms. The van der Waals surface area contributed by atoms with Gasteiger partial charge in [-0.15, -0.1) is 12.4 Å². The van der Waals surface area contributed by atoms with E-state index in [0.29, 0.717) is 19.5 Å². The van der Waals surface area contributed by atoms with Crippen molar-refractivity contribution in [1.29, 1.82) is 0 Å². The van der Waals surface area contributed by atoms with Gasteiger partial charge in [-0.1, -0.05) is 0 Å². The third-order valence-corrected chi connectivity index (χ3v) is 4.64. The van der Waals surface area contributed by atoms with Crippen LogP contribution in [0.15, 0.2) is 24.3 Å². The minimum absolute atomic E-state index is 0. The van der Waals surface area contributed by atoms with Crippen LogP contribution in [0, 0.1) is 5.92 Å². The zero-order chi connectivity index (χ0) is 16.4. The average Bonchev–Trinajstić information content (AvgIpc) is 2.96. The van der Waals surface area contributed by atoms with Crippen LogP contribution in [0.25, 0.3) is 0 Å². The van der Waals surface area contributed by atoms with Gasteiger partial charge in [-0.3, -0.25) is 9.59 Å². The van der Waals surface area contributed by atoms with Gasteiger partial charge in [-0.2, -0.15) is 0 Å². The van der Waals surface area contributed by atoms with Gasteiger partial charge in [-0.25, -0.2) is 0 Å². The second-order valence-corrected chi connectivity index (χ2v) is 6.19. The summed E-state index contributed by atoms with van der Waals surface area (Å²) < 4.78 is 5.14. The summed E-state index contributed by atoms with van der Waals surface area (Å²) in [7, 11) is 1.61. The van der Waals surface area contributed by atoms with Crippen molar-refractivity contribution in [3.63, 3.8) is 0 Å². The van der Waals surface area contributed by atoms with Crippen LogP contribution in [-0.4, -0.2) is 56.0 Å². The Hall–Kier alpha value is -1.79. The summed E-state index contributed by atoms with van der Waals surface area (Å²) in [6, 6.07) is 7.56. The highest BCUT2D eigenvalue weighted by Gasteiger charge is 2.38. The summed E-state index contributed by atoms with van der Waals surface area (Å²) in [5, 5.41) is 3.28. The van der Waals surface area contributed by atoms with E-state index in [9.17, 15) is 9.59 Å². The highest BCUT2D eigenvalue weighted by molar-refractivity contribution is 6.00. The molecular formula is C17H24ClN3O3. The SMILES string of the molecule is COc1ccc(N2CC(C(=O)N3CCNC[C@@H]3C)CC2=O)cc1.Cl. The first kappa shape index (κ1) is 18.5. The molecule has 132 valence electrons. The van der Waals surface area contributed by atoms with E-state index in [-0.39, 0.29) is 36.2 Å². The van der Waals surface area contributed by atoms with Gasteiger partial charge in [0.05, 0.1) is 13.0 Å². The maximum Gasteiger partial charge on any atom is 0.228 e. The molecule has 1 unspecified atom stereocenters. The van der Waals surface area contributed by atoms with Crippen molar-refractivity contribution in [2.75, 3.05) is 38.2 Å². The van der Waals surface area contributed by atoms with Crippen LogP contribution in [0.1, 0.15) is 13.3 Å². The van der Waals surface area contributed by atoms with Crippen LogP contribution in [0.4, 0.5) is 5.69 Å². The molecule has 1 N–H and O–H groups in total. The molecule has 1 aromatic carbocycles. The van der Waals surface area contributed by atoms with E-state index in [0.717, 1.165) is 24.5 Å². The highest BCUT2D eigenvalue weighted by Crippen LogP contribution is 2.28. The number of nitrogens with one attached hydrogen (secondary N) is 1. The molecule has 0 radical (unpaired) electrons. The number of anilines is 1. The lowest BCUT2D eigenvalue weighted by Gasteiger charge is -2.35. The molecule has 2 aliphatic heterocycles. The number of rotatable bonds is 3. The number of benzene rings is 1. The molecule has 2 aliphatic rings. The summed E-state index contributed by atoms with van der Waals surface area (Å²) in [6.07, 6.45) is 0.293. The average molecular weight is 354 g/mol. The highest BCUT2D eigenvalue weighted by atomic mass is 35.5. The van der Waals surface area contributed by atoms with Crippen molar-refractivity contribution in [2.24, 2.45) is 5.92 Å². The number of halogens is 1. The molecule has 2 amide bonds. The molecule has 1 aromatic rings. The van der Waals surface area contributed by atoms with Crippen LogP contribution >= 0.6 is 12.4 Å². The van der Waals surface area contributed by atoms with Crippen LogP contribution < -0.4 is 15.0 Å². The number of nitrogens with zero attached hydrogens (tertiary/aromatic N) is 2. The number of carbonyl (C=O) groups is 2. The van der Waals surface area contributed by atoms with E-state index in [4.69, 9.17) is 4.74 Å². The smallest absolute Gasteiger partial charge is 0.228 e. The molecule has 2 saturated heterocycles. The number of carbonyl (C=O) groups excluding carboxylic acids is 2. The van der Waals surface area contributed by atoms with E-state index >= 15 is 0 Å². The summed E-state index contributed by atoms with van der Waals surface area (Å²) in [5.74, 6) is 0.618. The first-order valence-electron chi connectivity index (χ1n) is 8.05. The zero-order valence-electron chi connectivity index (χ0n) is 14.0. The van der Waals surface area contributed by atoms with E-state index in [1.165, 1.54) is 0 Å². The number of hydrogen-bond donors (Lipinski definition) is 1. The second-order valence-electron chi connectivity index (χ2n) is 6.19. The lowest BCUT2D eigenvalue weighted by Crippen LogP contribution is -2.54. The first-order chi connectivity index (χ1) is 11.1. The van der Waals surface area contributed by atoms with Crippen LogP contribution in [-0.2, 0) is 9.59 Å². The van der Waals surface area contributed by atoms with Crippen LogP contribution in [0.2, 0.25) is 0 Å². The minimum Gasteiger partial charge on any atom is -0.497 e. The third kappa shape index (κ3) is 3.65. The molecule has 0 aromatic heterocycles. The molecule has 0 aliphatic carbocycles. The topological polar surface area (TPSA) is 61.9 Å². The van der Waals surface area contributed by atoms with Crippen molar-refractivity contribution >= 4 is 29.9 Å². The van der Waals surface area contributed by atoms with E-state index in [1.54, 1.807) is 12.0 Å². The van der Waals surface area contributed by atoms with Crippen molar-refractivity contribution in [3.05, 3.63) is 24.3 Å². The number of piperazine rings is 1. The maximum absolute atomic E-state index is 12.7. The van der Waals surface area contributed by atoms with Gasteiger partial charge in [0, 0.05) is 44.3 Å². The largest absolute Gasteiger partial charge is 0.497 e. The number of methoxy groups -OCH3 is 1. The van der Waals surface area contributed by atoms with Gasteiger partial charge in [0.2, 0.25) is 11.8 Å². The van der Waals surface area contributed by atoms with Crippen molar-refractivity contribution in [3.8, 4) is 5.75 Å². The van der Waals surface area contributed by atoms with E-state index in [2.05, 4.69) is 5.32 Å². The Kier molecular flexibility index (Phi) is 6.07. The van der Waals surface area contributed by atoms with Gasteiger partial charge < -0.3 is 19.9 Å². The van der Waals surface area contributed by atoms with Gasteiger partial charge in [0.15, 0.2) is 0 Å². The molecule has 6 nitrogen and oxygen atoms in total. The molecule has 24 heavy (non-hydrogen) atoms. The molecule has 7 heteroatoms. The normalized spacial score (nSPS) is 23.8. The third-order valence-electron chi connectivity index (χ3n) is 4.64. The first-order valence-corrected chi connectivity index (χ1v) is 8.05. The summed E-state index contributed by atoms with van der Waals surface area (Å²) in [5.41, 5.74) is 0.819. The molecule has 2 atom stereocenters. The van der Waals surface area contributed by atoms with Crippen LogP contribution in [0.5, 0.6) is 5.75 Å². The number of hydrogen-bond acceptors (Lipinski definition) is 4. The quantitative estimate of drug-likeness (QED) is 0.889. The standard InChI is InChI=1S/C17H23N3O3.ClH/c1-12-10-18-7-8-19(12)17(22)13-9-16(21)20(11-13)14-3-5-15(23-2)6-4-14;/h3-6,12-13,18H,7-11H2,1-2H3;1H/t12-,13?;/m0./s1. The van der Waals surface area contributed by atoms with Crippen LogP contribution in [0.3, 0.4) is 0 Å². The van der Waals surface area contributed by atoms with Gasteiger partial charge in [0.25, 0.3) is 0 Å². The number of ether oxygens (including phenoxy) is 1. The molecular weight excluding hydrogens is 330 g/mol. The summed E-state index contributed by atoms with van der Waals surface area (Å²) >= 11 is 0. The fourth-order valence-corrected chi connectivity index (χ4v) is 3.29. The Morgan fingerprint density at radius 1 is 1.29 bits per heavy atom. The Bertz CT molecular complexity index is 593. The Labute approximate surface area is 148 Å². The molecule has 2 heterocycles. The van der Waals surface area contributed by atoms with E-state index in [1.807, 2.05) is 36.1 Å². The fourth-order valence-electron chi connectivity index (χ4n) is 3.29. The molecule has 3 rings (SSSR count). The Balaban J connectivity index is 0.00000208. The molecule has 0 saturated carbocycles. The van der Waals surface area contributed by atoms with E-state index < -0.39 is 0 Å². The minimum atomic E-state index is -0.245. The van der Waals surface area contributed by atoms with Gasteiger partial charge in [-0.05, 0) is 31.2 Å². The number of amides is 2. The summed E-state index contributed by atoms with van der Waals surface area (Å²) in [4.78, 5) is 28.7. The Morgan fingerprint density at radius 3 is 2.62 bits per heavy atom. The molecule has 0 bridgehead atoms. The van der Waals surface area contributed by atoms with Crippen molar-refractivity contribution in [2.45, 2.75) is 19.4 Å². The summed E-state index contributed by atoms with van der Waals surface area (Å²) in [6.45, 7) is 4.85. The zero-order valence-corrected chi connectivity index (χ0v) is 14.8. The van der Waals surface area contributed by atoms with Crippen molar-refractivity contribution in [1.82, 2.24) is 10.2 Å². The second kappa shape index (κ2) is 7.85. The monoisotopic (exact) mass is 353 g/mol. The maximum atomic E-state index is 12.7. The molecule has 2 fully saturated rings. The Morgan fingerprint density at radius 2 is 2.00 bits per heavy atom. The lowest BCUT2D eigenvalue weighted by atomic mass is 10.1. The fraction of sp³-hybridized carbons (Fsp3) is 0.529. The predicted molar refractivity (Wildman–Crippen MR) is 94.7 cm³/mol. The van der Waals surface area contributed by atoms with Gasteiger partial charge >= 0.3 is 0 Å².